The molecule has 1 atom stereocenters. The number of aromatic nitrogens is 2. The second-order valence-electron chi connectivity index (χ2n) is 4.87. The van der Waals surface area contributed by atoms with Crippen molar-refractivity contribution >= 4 is 17.8 Å². The number of hydrogen-bond donors (Lipinski definition) is 3. The van der Waals surface area contributed by atoms with Gasteiger partial charge in [0.15, 0.2) is 0 Å². The molecule has 94 valence electrons. The van der Waals surface area contributed by atoms with Gasteiger partial charge in [0, 0.05) is 17.8 Å². The molecule has 0 aliphatic heterocycles. The van der Waals surface area contributed by atoms with Gasteiger partial charge in [-0.05, 0) is 6.92 Å². The van der Waals surface area contributed by atoms with E-state index in [1.54, 1.807) is 33.9 Å². The summed E-state index contributed by atoms with van der Waals surface area (Å²) < 4.78 is 0. The third kappa shape index (κ3) is 3.90. The fourth-order valence-electron chi connectivity index (χ4n) is 1.04. The van der Waals surface area contributed by atoms with Crippen molar-refractivity contribution in [1.82, 2.24) is 15.3 Å². The molecule has 0 aliphatic carbocycles. The van der Waals surface area contributed by atoms with E-state index in [9.17, 15) is 9.59 Å². The van der Waals surface area contributed by atoms with Gasteiger partial charge in [0.2, 0.25) is 17.8 Å². The van der Waals surface area contributed by atoms with Gasteiger partial charge in [0.1, 0.15) is 6.04 Å². The highest BCUT2D eigenvalue weighted by molar-refractivity contribution is 5.96. The average Bonchev–Trinajstić information content (AvgIpc) is 2.68. The molecule has 6 nitrogen and oxygen atoms in total. The minimum absolute atomic E-state index is 0.167. The van der Waals surface area contributed by atoms with E-state index in [4.69, 9.17) is 0 Å². The van der Waals surface area contributed by atoms with Crippen LogP contribution in [-0.4, -0.2) is 27.8 Å². The van der Waals surface area contributed by atoms with E-state index in [0.29, 0.717) is 5.95 Å². The van der Waals surface area contributed by atoms with Crippen LogP contribution in [0.1, 0.15) is 27.7 Å². The molecule has 3 N–H and O–H groups in total. The van der Waals surface area contributed by atoms with Gasteiger partial charge in [-0.3, -0.25) is 14.9 Å². The minimum atomic E-state index is -0.605. The smallest absolute Gasteiger partial charge is 0.248 e. The molecule has 0 radical (unpaired) electrons. The number of anilines is 1. The molecule has 0 fully saturated rings. The van der Waals surface area contributed by atoms with Crippen molar-refractivity contribution in [2.24, 2.45) is 5.41 Å². The lowest BCUT2D eigenvalue weighted by Gasteiger charge is -2.21. The molecule has 1 aromatic rings. The summed E-state index contributed by atoms with van der Waals surface area (Å²) in [5.41, 5.74) is -0.515. The lowest BCUT2D eigenvalue weighted by Crippen LogP contribution is -2.46. The van der Waals surface area contributed by atoms with Crippen LogP contribution in [-0.2, 0) is 9.59 Å². The zero-order chi connectivity index (χ0) is 13.1. The largest absolute Gasteiger partial charge is 0.344 e. The number of H-pyrrole nitrogens is 1. The lowest BCUT2D eigenvalue weighted by atomic mass is 9.95. The Labute approximate surface area is 100 Å². The Kier molecular flexibility index (Phi) is 3.88. The maximum absolute atomic E-state index is 11.7. The first-order valence-electron chi connectivity index (χ1n) is 5.42. The fraction of sp³-hybridized carbons (Fsp3) is 0.545. The topological polar surface area (TPSA) is 86.9 Å². The van der Waals surface area contributed by atoms with E-state index in [1.165, 1.54) is 6.20 Å². The Bertz CT molecular complexity index is 392. The Morgan fingerprint density at radius 3 is 2.53 bits per heavy atom. The summed E-state index contributed by atoms with van der Waals surface area (Å²) in [5, 5.41) is 5.20. The molecule has 0 bridgehead atoms. The zero-order valence-corrected chi connectivity index (χ0v) is 10.5. The van der Waals surface area contributed by atoms with Crippen molar-refractivity contribution in [3.63, 3.8) is 0 Å². The number of imidazole rings is 1. The normalized spacial score (nSPS) is 12.9. The van der Waals surface area contributed by atoms with Crippen molar-refractivity contribution < 1.29 is 9.59 Å². The van der Waals surface area contributed by atoms with Crippen molar-refractivity contribution in [2.75, 3.05) is 5.32 Å². The van der Waals surface area contributed by atoms with E-state index < -0.39 is 11.5 Å². The van der Waals surface area contributed by atoms with Crippen LogP contribution in [0.5, 0.6) is 0 Å². The van der Waals surface area contributed by atoms with E-state index >= 15 is 0 Å². The molecule has 0 saturated heterocycles. The molecule has 0 aromatic carbocycles. The Morgan fingerprint density at radius 1 is 1.41 bits per heavy atom. The number of amides is 2. The predicted molar refractivity (Wildman–Crippen MR) is 64.3 cm³/mol. The van der Waals surface area contributed by atoms with Crippen LogP contribution in [0.3, 0.4) is 0 Å². The monoisotopic (exact) mass is 238 g/mol. The maximum atomic E-state index is 11.7. The Balaban J connectivity index is 2.51. The molecule has 1 heterocycles. The van der Waals surface area contributed by atoms with Gasteiger partial charge in [-0.1, -0.05) is 20.8 Å². The SMILES string of the molecule is CC(NC(=O)C(C)(C)C)C(=O)Nc1ncc[nH]1. The van der Waals surface area contributed by atoms with Crippen LogP contribution in [0, 0.1) is 5.41 Å². The third-order valence-corrected chi connectivity index (χ3v) is 2.16. The second kappa shape index (κ2) is 4.99. The number of carbonyl (C=O) groups excluding carboxylic acids is 2. The molecule has 2 amide bonds. The Morgan fingerprint density at radius 2 is 2.06 bits per heavy atom. The van der Waals surface area contributed by atoms with E-state index in [2.05, 4.69) is 20.6 Å². The molecule has 0 saturated carbocycles. The van der Waals surface area contributed by atoms with Crippen LogP contribution in [0.4, 0.5) is 5.95 Å². The third-order valence-electron chi connectivity index (χ3n) is 2.16. The quantitative estimate of drug-likeness (QED) is 0.731. The molecule has 1 aromatic heterocycles. The van der Waals surface area contributed by atoms with Gasteiger partial charge in [0.05, 0.1) is 0 Å². The molecule has 0 spiro atoms. The highest BCUT2D eigenvalue weighted by Gasteiger charge is 2.25. The number of nitrogens with zero attached hydrogens (tertiary/aromatic N) is 1. The highest BCUT2D eigenvalue weighted by atomic mass is 16.2. The summed E-state index contributed by atoms with van der Waals surface area (Å²) in [5.74, 6) is -0.107. The van der Waals surface area contributed by atoms with Gasteiger partial charge in [-0.15, -0.1) is 0 Å². The maximum Gasteiger partial charge on any atom is 0.248 e. The molecule has 6 heteroatoms. The lowest BCUT2D eigenvalue weighted by molar-refractivity contribution is -0.131. The van der Waals surface area contributed by atoms with Gasteiger partial charge in [0.25, 0.3) is 0 Å². The minimum Gasteiger partial charge on any atom is -0.344 e. The molecule has 1 unspecified atom stereocenters. The summed E-state index contributed by atoms with van der Waals surface area (Å²) >= 11 is 0. The highest BCUT2D eigenvalue weighted by Crippen LogP contribution is 2.12. The van der Waals surface area contributed by atoms with Crippen LogP contribution < -0.4 is 10.6 Å². The summed E-state index contributed by atoms with van der Waals surface area (Å²) in [6, 6.07) is -0.605. The zero-order valence-electron chi connectivity index (χ0n) is 10.5. The first kappa shape index (κ1) is 13.2. The second-order valence-corrected chi connectivity index (χ2v) is 4.87. The summed E-state index contributed by atoms with van der Waals surface area (Å²) in [6.45, 7) is 7.00. The summed E-state index contributed by atoms with van der Waals surface area (Å²) in [7, 11) is 0. The van der Waals surface area contributed by atoms with Gasteiger partial charge in [-0.2, -0.15) is 0 Å². The molecular weight excluding hydrogens is 220 g/mol. The van der Waals surface area contributed by atoms with Gasteiger partial charge < -0.3 is 10.3 Å². The van der Waals surface area contributed by atoms with Crippen LogP contribution in [0.15, 0.2) is 12.4 Å². The van der Waals surface area contributed by atoms with Crippen LogP contribution in [0.2, 0.25) is 0 Å². The number of hydrogen-bond acceptors (Lipinski definition) is 3. The van der Waals surface area contributed by atoms with Crippen molar-refractivity contribution in [1.29, 1.82) is 0 Å². The fourth-order valence-corrected chi connectivity index (χ4v) is 1.04. The first-order valence-corrected chi connectivity index (χ1v) is 5.42. The molecule has 1 rings (SSSR count). The molecule has 17 heavy (non-hydrogen) atoms. The van der Waals surface area contributed by atoms with Crippen molar-refractivity contribution in [2.45, 2.75) is 33.7 Å². The Hall–Kier alpha value is -1.85. The van der Waals surface area contributed by atoms with Crippen LogP contribution >= 0.6 is 0 Å². The number of aromatic amines is 1. The van der Waals surface area contributed by atoms with Gasteiger partial charge >= 0.3 is 0 Å². The number of carbonyl (C=O) groups is 2. The standard InChI is InChI=1S/C11H18N4O2/c1-7(14-9(17)11(2,3)4)8(16)15-10-12-5-6-13-10/h5-7H,1-4H3,(H,14,17)(H2,12,13,15,16). The number of rotatable bonds is 3. The van der Waals surface area contributed by atoms with E-state index in [0.717, 1.165) is 0 Å². The summed E-state index contributed by atoms with van der Waals surface area (Å²) in [4.78, 5) is 30.0. The van der Waals surface area contributed by atoms with Gasteiger partial charge in [-0.25, -0.2) is 4.98 Å². The van der Waals surface area contributed by atoms with Crippen molar-refractivity contribution in [3.8, 4) is 0 Å². The molecular formula is C11H18N4O2. The predicted octanol–water partition coefficient (Wildman–Crippen LogP) is 0.899. The first-order chi connectivity index (χ1) is 7.80. The average molecular weight is 238 g/mol. The van der Waals surface area contributed by atoms with Crippen molar-refractivity contribution in [3.05, 3.63) is 12.4 Å². The van der Waals surface area contributed by atoms with E-state index in [-0.39, 0.29) is 11.8 Å². The van der Waals surface area contributed by atoms with Crippen LogP contribution in [0.25, 0.3) is 0 Å². The number of nitrogens with one attached hydrogen (secondary N) is 3. The summed E-state index contributed by atoms with van der Waals surface area (Å²) in [6.07, 6.45) is 3.14. The molecule has 0 aliphatic rings. The van der Waals surface area contributed by atoms with E-state index in [1.807, 2.05) is 0 Å².